The highest BCUT2D eigenvalue weighted by atomic mass is 35.5. The Morgan fingerprint density at radius 3 is 2.78 bits per heavy atom. The molecule has 0 aliphatic carbocycles. The van der Waals surface area contributed by atoms with E-state index in [0.29, 0.717) is 27.5 Å². The zero-order valence-corrected chi connectivity index (χ0v) is 14.0. The molecule has 1 amide bonds. The first kappa shape index (κ1) is 16.1. The Bertz CT molecular complexity index is 697. The van der Waals surface area contributed by atoms with Crippen LogP contribution in [-0.4, -0.2) is 34.2 Å². The van der Waals surface area contributed by atoms with E-state index in [4.69, 9.17) is 23.2 Å². The highest BCUT2D eigenvalue weighted by Crippen LogP contribution is 2.22. The molecule has 0 bridgehead atoms. The maximum Gasteiger partial charge on any atom is 0.246 e. The minimum absolute atomic E-state index is 0.149. The van der Waals surface area contributed by atoms with Crippen LogP contribution >= 0.6 is 23.2 Å². The van der Waals surface area contributed by atoms with Crippen molar-refractivity contribution in [3.63, 3.8) is 0 Å². The predicted molar refractivity (Wildman–Crippen MR) is 91.2 cm³/mol. The van der Waals surface area contributed by atoms with Gasteiger partial charge in [-0.3, -0.25) is 10.1 Å². The van der Waals surface area contributed by atoms with Crippen LogP contribution in [-0.2, 0) is 11.2 Å². The van der Waals surface area contributed by atoms with E-state index in [9.17, 15) is 4.79 Å². The van der Waals surface area contributed by atoms with Crippen molar-refractivity contribution in [3.8, 4) is 0 Å². The first-order chi connectivity index (χ1) is 11.1. The van der Waals surface area contributed by atoms with E-state index in [2.05, 4.69) is 25.4 Å². The number of carbonyl (C=O) groups excluding carboxylic acids is 1. The van der Waals surface area contributed by atoms with E-state index in [1.165, 1.54) is 6.42 Å². The molecule has 2 heterocycles. The summed E-state index contributed by atoms with van der Waals surface area (Å²) >= 11 is 11.9. The first-order valence-electron chi connectivity index (χ1n) is 7.53. The van der Waals surface area contributed by atoms with Gasteiger partial charge in [-0.1, -0.05) is 29.3 Å². The predicted octanol–water partition coefficient (Wildman–Crippen LogP) is 3.28. The van der Waals surface area contributed by atoms with Crippen molar-refractivity contribution >= 4 is 41.0 Å². The molecular weight excluding hydrogens is 337 g/mol. The summed E-state index contributed by atoms with van der Waals surface area (Å²) in [6, 6.07) is 5.07. The van der Waals surface area contributed by atoms with Gasteiger partial charge in [0.2, 0.25) is 17.8 Å². The van der Waals surface area contributed by atoms with Gasteiger partial charge >= 0.3 is 0 Å². The summed E-state index contributed by atoms with van der Waals surface area (Å²) in [5.74, 6) is 0.765. The van der Waals surface area contributed by atoms with Gasteiger partial charge in [0.1, 0.15) is 0 Å². The van der Waals surface area contributed by atoms with Gasteiger partial charge in [-0.25, -0.2) is 5.10 Å². The van der Waals surface area contributed by atoms with Crippen LogP contribution in [0, 0.1) is 0 Å². The molecule has 1 aromatic carbocycles. The Kier molecular flexibility index (Phi) is 5.03. The van der Waals surface area contributed by atoms with E-state index in [0.717, 1.165) is 25.9 Å². The van der Waals surface area contributed by atoms with E-state index in [1.54, 1.807) is 18.2 Å². The number of nitrogens with zero attached hydrogens (tertiary/aromatic N) is 3. The van der Waals surface area contributed by atoms with Crippen molar-refractivity contribution in [1.29, 1.82) is 0 Å². The second-order valence-corrected chi connectivity index (χ2v) is 6.34. The van der Waals surface area contributed by atoms with Crippen molar-refractivity contribution in [1.82, 2.24) is 15.2 Å². The number of hydrogen-bond donors (Lipinski definition) is 2. The van der Waals surface area contributed by atoms with Crippen molar-refractivity contribution in [3.05, 3.63) is 33.8 Å². The molecular formula is C15H17Cl2N5O. The molecule has 8 heteroatoms. The fourth-order valence-electron chi connectivity index (χ4n) is 2.56. The van der Waals surface area contributed by atoms with Gasteiger partial charge in [-0.2, -0.15) is 4.98 Å². The molecule has 23 heavy (non-hydrogen) atoms. The standard InChI is InChI=1S/C15H17Cl2N5O/c16-11-5-4-10(12(17)9-11)8-13(23)18-14-19-15(21-20-14)22-6-2-1-3-7-22/h4-5,9H,1-3,6-8H2,(H2,18,19,20,21,23). The third-order valence-electron chi connectivity index (χ3n) is 3.74. The van der Waals surface area contributed by atoms with Crippen molar-refractivity contribution in [2.75, 3.05) is 23.3 Å². The summed E-state index contributed by atoms with van der Waals surface area (Å²) in [7, 11) is 0. The molecule has 2 N–H and O–H groups in total. The van der Waals surface area contributed by atoms with Gasteiger partial charge in [-0.05, 0) is 37.0 Å². The van der Waals surface area contributed by atoms with Gasteiger partial charge in [0, 0.05) is 23.1 Å². The third-order valence-corrected chi connectivity index (χ3v) is 4.32. The number of carbonyl (C=O) groups is 1. The van der Waals surface area contributed by atoms with Gasteiger partial charge in [0.25, 0.3) is 0 Å². The molecule has 0 spiro atoms. The quantitative estimate of drug-likeness (QED) is 0.884. The second kappa shape index (κ2) is 7.19. The van der Waals surface area contributed by atoms with Crippen LogP contribution in [0.4, 0.5) is 11.9 Å². The Labute approximate surface area is 144 Å². The summed E-state index contributed by atoms with van der Waals surface area (Å²) in [5, 5.41) is 10.6. The Balaban J connectivity index is 1.60. The number of H-pyrrole nitrogens is 1. The number of halogens is 2. The van der Waals surface area contributed by atoms with Crippen LogP contribution < -0.4 is 10.2 Å². The molecule has 2 aromatic rings. The summed E-state index contributed by atoms with van der Waals surface area (Å²) in [4.78, 5) is 18.5. The highest BCUT2D eigenvalue weighted by molar-refractivity contribution is 6.35. The fourth-order valence-corrected chi connectivity index (χ4v) is 3.03. The van der Waals surface area contributed by atoms with Crippen LogP contribution in [0.15, 0.2) is 18.2 Å². The van der Waals surface area contributed by atoms with Crippen molar-refractivity contribution in [2.45, 2.75) is 25.7 Å². The molecule has 0 unspecified atom stereocenters. The molecule has 0 radical (unpaired) electrons. The molecule has 3 rings (SSSR count). The largest absolute Gasteiger partial charge is 0.340 e. The number of aromatic nitrogens is 3. The number of aromatic amines is 1. The lowest BCUT2D eigenvalue weighted by Crippen LogP contribution is -2.30. The topological polar surface area (TPSA) is 73.9 Å². The number of benzene rings is 1. The van der Waals surface area contributed by atoms with Gasteiger partial charge in [0.05, 0.1) is 6.42 Å². The van der Waals surface area contributed by atoms with Crippen molar-refractivity contribution in [2.24, 2.45) is 0 Å². The van der Waals surface area contributed by atoms with Gasteiger partial charge in [-0.15, -0.1) is 5.10 Å². The van der Waals surface area contributed by atoms with E-state index in [-0.39, 0.29) is 12.3 Å². The number of rotatable bonds is 4. The summed E-state index contributed by atoms with van der Waals surface area (Å²) in [6.45, 7) is 1.90. The lowest BCUT2D eigenvalue weighted by atomic mass is 10.1. The number of nitrogens with one attached hydrogen (secondary N) is 2. The normalized spacial score (nSPS) is 14.8. The van der Waals surface area contributed by atoms with E-state index in [1.807, 2.05) is 0 Å². The molecule has 1 aliphatic heterocycles. The summed E-state index contributed by atoms with van der Waals surface area (Å²) < 4.78 is 0. The molecule has 0 saturated carbocycles. The second-order valence-electron chi connectivity index (χ2n) is 5.49. The third kappa shape index (κ3) is 4.14. The monoisotopic (exact) mass is 353 g/mol. The maximum absolute atomic E-state index is 12.1. The van der Waals surface area contributed by atoms with Gasteiger partial charge in [0.15, 0.2) is 0 Å². The molecule has 1 fully saturated rings. The van der Waals surface area contributed by atoms with Crippen LogP contribution in [0.1, 0.15) is 24.8 Å². The molecule has 1 saturated heterocycles. The van der Waals surface area contributed by atoms with Crippen LogP contribution in [0.3, 0.4) is 0 Å². The minimum Gasteiger partial charge on any atom is -0.340 e. The Morgan fingerprint density at radius 1 is 1.26 bits per heavy atom. The Morgan fingerprint density at radius 2 is 2.04 bits per heavy atom. The number of piperidine rings is 1. The molecule has 1 aromatic heterocycles. The zero-order chi connectivity index (χ0) is 16.2. The molecule has 6 nitrogen and oxygen atoms in total. The lowest BCUT2D eigenvalue weighted by Gasteiger charge is -2.24. The number of amides is 1. The van der Waals surface area contributed by atoms with Crippen molar-refractivity contribution < 1.29 is 4.79 Å². The van der Waals surface area contributed by atoms with Crippen LogP contribution in [0.25, 0.3) is 0 Å². The van der Waals surface area contributed by atoms with E-state index >= 15 is 0 Å². The highest BCUT2D eigenvalue weighted by Gasteiger charge is 2.16. The first-order valence-corrected chi connectivity index (χ1v) is 8.28. The minimum atomic E-state index is -0.212. The number of anilines is 2. The maximum atomic E-state index is 12.1. The molecule has 1 aliphatic rings. The fraction of sp³-hybridized carbons (Fsp3) is 0.400. The van der Waals surface area contributed by atoms with E-state index < -0.39 is 0 Å². The average Bonchev–Trinajstić information content (AvgIpc) is 2.99. The average molecular weight is 354 g/mol. The lowest BCUT2D eigenvalue weighted by molar-refractivity contribution is -0.115. The van der Waals surface area contributed by atoms with Crippen LogP contribution in [0.5, 0.6) is 0 Å². The van der Waals surface area contributed by atoms with Gasteiger partial charge < -0.3 is 4.90 Å². The Hall–Kier alpha value is -1.79. The SMILES string of the molecule is O=C(Cc1ccc(Cl)cc1Cl)Nc1nc(N2CCCCC2)n[nH]1. The summed E-state index contributed by atoms with van der Waals surface area (Å²) in [5.41, 5.74) is 0.712. The smallest absolute Gasteiger partial charge is 0.246 e. The summed E-state index contributed by atoms with van der Waals surface area (Å²) in [6.07, 6.45) is 3.68. The zero-order valence-electron chi connectivity index (χ0n) is 12.5. The van der Waals surface area contributed by atoms with Crippen LogP contribution in [0.2, 0.25) is 10.0 Å². The molecule has 122 valence electrons. The number of hydrogen-bond acceptors (Lipinski definition) is 4. The molecule has 0 atom stereocenters.